The van der Waals surface area contributed by atoms with Gasteiger partial charge in [0.15, 0.2) is 17.5 Å². The molecule has 264 valence electrons. The number of furan rings is 1. The molecule has 0 saturated carbocycles. The molecule has 0 amide bonds. The van der Waals surface area contributed by atoms with Crippen molar-refractivity contribution in [3.05, 3.63) is 200 Å². The van der Waals surface area contributed by atoms with E-state index in [-0.39, 0.29) is 0 Å². The summed E-state index contributed by atoms with van der Waals surface area (Å²) in [5.41, 5.74) is 14.5. The number of aromatic nitrogens is 3. The van der Waals surface area contributed by atoms with Crippen LogP contribution in [-0.2, 0) is 0 Å². The molecule has 0 aliphatic carbocycles. The Balaban J connectivity index is 1.13. The molecule has 4 nitrogen and oxygen atoms in total. The fourth-order valence-electron chi connectivity index (χ4n) is 7.67. The Hall–Kier alpha value is -7.43. The van der Waals surface area contributed by atoms with E-state index in [9.17, 15) is 0 Å². The fraction of sp³-hybridized carbons (Fsp3) is 0.0192. The molecule has 0 unspecified atom stereocenters. The molecule has 10 aromatic rings. The average Bonchev–Trinajstić information content (AvgIpc) is 3.65. The van der Waals surface area contributed by atoms with Gasteiger partial charge in [0.05, 0.1) is 0 Å². The summed E-state index contributed by atoms with van der Waals surface area (Å²) in [6, 6.07) is 67.5. The van der Waals surface area contributed by atoms with E-state index in [0.717, 1.165) is 72.0 Å². The van der Waals surface area contributed by atoms with Gasteiger partial charge in [-0.25, -0.2) is 15.0 Å². The van der Waals surface area contributed by atoms with Crippen LogP contribution in [0.4, 0.5) is 0 Å². The van der Waals surface area contributed by atoms with Gasteiger partial charge in [-0.2, -0.15) is 0 Å². The van der Waals surface area contributed by atoms with Crippen LogP contribution in [0.3, 0.4) is 0 Å². The van der Waals surface area contributed by atoms with Gasteiger partial charge in [-0.3, -0.25) is 0 Å². The summed E-state index contributed by atoms with van der Waals surface area (Å²) in [7, 11) is 0. The van der Waals surface area contributed by atoms with Crippen molar-refractivity contribution in [2.24, 2.45) is 0 Å². The highest BCUT2D eigenvalue weighted by Gasteiger charge is 2.19. The lowest BCUT2D eigenvalue weighted by atomic mass is 9.95. The van der Waals surface area contributed by atoms with Crippen LogP contribution in [0, 0.1) is 6.92 Å². The van der Waals surface area contributed by atoms with Crippen LogP contribution in [0.1, 0.15) is 5.56 Å². The van der Waals surface area contributed by atoms with E-state index < -0.39 is 0 Å². The van der Waals surface area contributed by atoms with Crippen LogP contribution in [-0.4, -0.2) is 15.0 Å². The molecular formula is C52H35N3O. The minimum absolute atomic E-state index is 0.576. The Morgan fingerprint density at radius 2 is 0.821 bits per heavy atom. The second-order valence-electron chi connectivity index (χ2n) is 14.1. The van der Waals surface area contributed by atoms with Crippen LogP contribution in [0.5, 0.6) is 0 Å². The van der Waals surface area contributed by atoms with Crippen molar-refractivity contribution in [3.63, 3.8) is 0 Å². The van der Waals surface area contributed by atoms with Gasteiger partial charge < -0.3 is 4.42 Å². The van der Waals surface area contributed by atoms with Crippen LogP contribution in [0.2, 0.25) is 0 Å². The highest BCUT2D eigenvalue weighted by Crippen LogP contribution is 2.40. The van der Waals surface area contributed by atoms with E-state index in [2.05, 4.69) is 177 Å². The van der Waals surface area contributed by atoms with Gasteiger partial charge in [0.1, 0.15) is 11.2 Å². The van der Waals surface area contributed by atoms with Gasteiger partial charge in [0.25, 0.3) is 0 Å². The molecule has 2 heterocycles. The third kappa shape index (κ3) is 6.23. The number of hydrogen-bond donors (Lipinski definition) is 0. The Bertz CT molecular complexity index is 3040. The summed E-state index contributed by atoms with van der Waals surface area (Å²) in [6.07, 6.45) is 0. The van der Waals surface area contributed by atoms with Crippen molar-refractivity contribution in [1.82, 2.24) is 15.0 Å². The summed E-state index contributed by atoms with van der Waals surface area (Å²) >= 11 is 0. The molecule has 0 N–H and O–H groups in total. The lowest BCUT2D eigenvalue weighted by Gasteiger charge is -2.13. The number of fused-ring (bicyclic) bond motifs is 3. The molecule has 0 atom stereocenters. The third-order valence-electron chi connectivity index (χ3n) is 10.4. The van der Waals surface area contributed by atoms with Crippen molar-refractivity contribution >= 4 is 21.9 Å². The first-order chi connectivity index (χ1) is 27.6. The van der Waals surface area contributed by atoms with E-state index >= 15 is 0 Å². The summed E-state index contributed by atoms with van der Waals surface area (Å²) in [4.78, 5) is 15.5. The Morgan fingerprint density at radius 3 is 1.52 bits per heavy atom. The molecule has 10 rings (SSSR count). The lowest BCUT2D eigenvalue weighted by molar-refractivity contribution is 0.669. The zero-order valence-corrected chi connectivity index (χ0v) is 30.7. The van der Waals surface area contributed by atoms with Gasteiger partial charge in [-0.1, -0.05) is 169 Å². The number of hydrogen-bond acceptors (Lipinski definition) is 4. The van der Waals surface area contributed by atoms with Gasteiger partial charge in [-0.05, 0) is 81.8 Å². The van der Waals surface area contributed by atoms with Crippen LogP contribution < -0.4 is 0 Å². The van der Waals surface area contributed by atoms with Crippen molar-refractivity contribution in [3.8, 4) is 78.7 Å². The van der Waals surface area contributed by atoms with Crippen LogP contribution in [0.15, 0.2) is 199 Å². The molecule has 2 aromatic heterocycles. The fourth-order valence-corrected chi connectivity index (χ4v) is 7.67. The van der Waals surface area contributed by atoms with Gasteiger partial charge in [0.2, 0.25) is 0 Å². The van der Waals surface area contributed by atoms with Crippen LogP contribution in [0.25, 0.3) is 101 Å². The molecule has 0 radical (unpaired) electrons. The number of nitrogens with zero attached hydrogens (tertiary/aromatic N) is 3. The monoisotopic (exact) mass is 717 g/mol. The number of aryl methyl sites for hydroxylation is 1. The summed E-state index contributed by atoms with van der Waals surface area (Å²) in [5.74, 6) is 1.79. The first-order valence-corrected chi connectivity index (χ1v) is 18.8. The van der Waals surface area contributed by atoms with E-state index in [1.165, 1.54) is 16.7 Å². The van der Waals surface area contributed by atoms with Gasteiger partial charge in [-0.15, -0.1) is 0 Å². The first-order valence-electron chi connectivity index (χ1n) is 18.8. The molecular weight excluding hydrogens is 683 g/mol. The zero-order valence-electron chi connectivity index (χ0n) is 30.7. The van der Waals surface area contributed by atoms with E-state index in [1.54, 1.807) is 0 Å². The Labute approximate surface area is 325 Å². The highest BCUT2D eigenvalue weighted by molar-refractivity contribution is 6.13. The SMILES string of the molecule is Cc1cccc(-c2ccccc2-c2nc(-c3cccc(-c4ccccc4)c3)nc(-c3ccc4c(c3)oc3cccc(-c5cccc(-c6ccccc6)c5)c34)n2)c1. The third-order valence-corrected chi connectivity index (χ3v) is 10.4. The maximum absolute atomic E-state index is 6.60. The van der Waals surface area contributed by atoms with Crippen molar-refractivity contribution in [2.75, 3.05) is 0 Å². The minimum Gasteiger partial charge on any atom is -0.456 e. The molecule has 0 aliphatic rings. The highest BCUT2D eigenvalue weighted by atomic mass is 16.3. The second-order valence-corrected chi connectivity index (χ2v) is 14.1. The largest absolute Gasteiger partial charge is 0.456 e. The second kappa shape index (κ2) is 14.1. The topological polar surface area (TPSA) is 51.8 Å². The van der Waals surface area contributed by atoms with Gasteiger partial charge >= 0.3 is 0 Å². The van der Waals surface area contributed by atoms with E-state index in [4.69, 9.17) is 19.4 Å². The minimum atomic E-state index is 0.576. The maximum Gasteiger partial charge on any atom is 0.164 e. The standard InChI is InChI=1S/C52H35N3O/c1-34-14-10-21-39(30-34)43-24-8-9-25-45(43)52-54-50(41-23-12-20-38(32-41)36-17-6-3-7-18-36)53-51(55-52)42-28-29-46-48(33-42)56-47-27-13-26-44(49(46)47)40-22-11-19-37(31-40)35-15-4-2-5-16-35/h2-33H,1H3. The summed E-state index contributed by atoms with van der Waals surface area (Å²) in [5, 5.41) is 2.13. The Morgan fingerprint density at radius 1 is 0.321 bits per heavy atom. The predicted molar refractivity (Wildman–Crippen MR) is 230 cm³/mol. The van der Waals surface area contributed by atoms with Crippen molar-refractivity contribution < 1.29 is 4.42 Å². The van der Waals surface area contributed by atoms with Gasteiger partial charge in [0, 0.05) is 27.5 Å². The molecule has 0 bridgehead atoms. The van der Waals surface area contributed by atoms with Crippen molar-refractivity contribution in [1.29, 1.82) is 0 Å². The molecule has 56 heavy (non-hydrogen) atoms. The first kappa shape index (κ1) is 33.2. The molecule has 0 aliphatic heterocycles. The molecule has 0 fully saturated rings. The lowest BCUT2D eigenvalue weighted by Crippen LogP contribution is -2.01. The van der Waals surface area contributed by atoms with Crippen LogP contribution >= 0.6 is 0 Å². The summed E-state index contributed by atoms with van der Waals surface area (Å²) < 4.78 is 6.60. The molecule has 4 heteroatoms. The molecule has 0 saturated heterocycles. The van der Waals surface area contributed by atoms with Crippen molar-refractivity contribution in [2.45, 2.75) is 6.92 Å². The predicted octanol–water partition coefficient (Wildman–Crippen LogP) is 13.7. The molecule has 0 spiro atoms. The number of benzene rings is 8. The zero-order chi connectivity index (χ0) is 37.4. The quantitative estimate of drug-likeness (QED) is 0.165. The smallest absolute Gasteiger partial charge is 0.164 e. The average molecular weight is 718 g/mol. The Kier molecular flexibility index (Phi) is 8.34. The van der Waals surface area contributed by atoms with E-state index in [0.29, 0.717) is 17.5 Å². The normalized spacial score (nSPS) is 11.3. The number of rotatable bonds is 7. The summed E-state index contributed by atoms with van der Waals surface area (Å²) in [6.45, 7) is 2.12. The molecule has 8 aromatic carbocycles. The maximum atomic E-state index is 6.60. The van der Waals surface area contributed by atoms with E-state index in [1.807, 2.05) is 24.3 Å².